The van der Waals surface area contributed by atoms with Crippen molar-refractivity contribution in [1.82, 2.24) is 4.98 Å². The molecule has 1 atom stereocenters. The van der Waals surface area contributed by atoms with E-state index >= 15 is 0 Å². The van der Waals surface area contributed by atoms with E-state index < -0.39 is 11.2 Å². The summed E-state index contributed by atoms with van der Waals surface area (Å²) in [6.45, 7) is 4.27. The summed E-state index contributed by atoms with van der Waals surface area (Å²) in [6.07, 6.45) is 2.96. The average molecular weight is 441 g/mol. The predicted octanol–water partition coefficient (Wildman–Crippen LogP) is 6.74. The molecule has 4 aromatic rings. The number of hydrogen-bond donors (Lipinski definition) is 1. The molecule has 4 rings (SSSR count). The maximum atomic E-state index is 12.9. The van der Waals surface area contributed by atoms with Crippen molar-refractivity contribution < 1.29 is 4.55 Å². The summed E-state index contributed by atoms with van der Waals surface area (Å²) >= 11 is 2.07. The highest BCUT2D eigenvalue weighted by atomic mass is 32.2. The van der Waals surface area contributed by atoms with Crippen LogP contribution >= 0.6 is 22.7 Å². The first kappa shape index (κ1) is 20.4. The molecule has 3 aromatic heterocycles. The zero-order chi connectivity index (χ0) is 20.4. The third-order valence-corrected chi connectivity index (χ3v) is 8.89. The van der Waals surface area contributed by atoms with Gasteiger partial charge in [-0.3, -0.25) is 0 Å². The molecule has 0 radical (unpaired) electrons. The van der Waals surface area contributed by atoms with Gasteiger partial charge in [-0.2, -0.15) is 0 Å². The molecule has 29 heavy (non-hydrogen) atoms. The molecule has 0 aliphatic heterocycles. The van der Waals surface area contributed by atoms with Crippen LogP contribution in [0.15, 0.2) is 52.1 Å². The molecule has 0 fully saturated rings. The zero-order valence-corrected chi connectivity index (χ0v) is 19.1. The SMILES string of the molecule is CCCC[S+]([O-])c1sc2nc(-c3cccs3)cc(-c3ccc(CC)cc3)c2c1N. The normalized spacial score (nSPS) is 12.5. The van der Waals surface area contributed by atoms with E-state index in [1.807, 2.05) is 6.07 Å². The van der Waals surface area contributed by atoms with Crippen LogP contribution in [0.3, 0.4) is 0 Å². The molecule has 0 saturated carbocycles. The van der Waals surface area contributed by atoms with Gasteiger partial charge in [-0.25, -0.2) is 4.98 Å². The van der Waals surface area contributed by atoms with Crippen LogP contribution in [0.4, 0.5) is 5.69 Å². The van der Waals surface area contributed by atoms with Gasteiger partial charge in [-0.1, -0.05) is 61.9 Å². The molecule has 0 saturated heterocycles. The Hall–Kier alpha value is -1.86. The van der Waals surface area contributed by atoms with Gasteiger partial charge in [-0.15, -0.1) is 11.3 Å². The van der Waals surface area contributed by atoms with Gasteiger partial charge in [0.1, 0.15) is 16.3 Å². The number of nitrogen functional groups attached to an aromatic ring is 1. The minimum Gasteiger partial charge on any atom is -0.611 e. The molecule has 0 aliphatic carbocycles. The molecule has 0 aliphatic rings. The van der Waals surface area contributed by atoms with E-state index in [1.165, 1.54) is 16.9 Å². The fraction of sp³-hybridized carbons (Fsp3) is 0.261. The summed E-state index contributed by atoms with van der Waals surface area (Å²) in [5.41, 5.74) is 11.6. The second kappa shape index (κ2) is 8.88. The number of thiophene rings is 2. The number of aryl methyl sites for hydroxylation is 1. The molecule has 0 bridgehead atoms. The smallest absolute Gasteiger partial charge is 0.232 e. The largest absolute Gasteiger partial charge is 0.611 e. The van der Waals surface area contributed by atoms with E-state index in [0.29, 0.717) is 11.4 Å². The Morgan fingerprint density at radius 3 is 2.59 bits per heavy atom. The van der Waals surface area contributed by atoms with Gasteiger partial charge < -0.3 is 10.3 Å². The Balaban J connectivity index is 1.91. The molecule has 0 spiro atoms. The average Bonchev–Trinajstić information content (AvgIpc) is 3.40. The van der Waals surface area contributed by atoms with Crippen LogP contribution in [0.1, 0.15) is 32.3 Å². The molecule has 1 unspecified atom stereocenters. The lowest BCUT2D eigenvalue weighted by Gasteiger charge is -2.09. The number of nitrogens with two attached hydrogens (primary N) is 1. The van der Waals surface area contributed by atoms with Crippen molar-refractivity contribution in [1.29, 1.82) is 0 Å². The highest BCUT2D eigenvalue weighted by Crippen LogP contribution is 2.44. The van der Waals surface area contributed by atoms with Crippen LogP contribution in [0.25, 0.3) is 31.9 Å². The predicted molar refractivity (Wildman–Crippen MR) is 128 cm³/mol. The molecular formula is C23H24N2OS3. The van der Waals surface area contributed by atoms with Gasteiger partial charge in [0.05, 0.1) is 10.6 Å². The first-order chi connectivity index (χ1) is 14.1. The second-order valence-corrected chi connectivity index (χ2v) is 10.7. The van der Waals surface area contributed by atoms with Gasteiger partial charge in [0.25, 0.3) is 0 Å². The van der Waals surface area contributed by atoms with Crippen LogP contribution in [-0.4, -0.2) is 15.3 Å². The number of fused-ring (bicyclic) bond motifs is 1. The quantitative estimate of drug-likeness (QED) is 0.324. The molecular weight excluding hydrogens is 416 g/mol. The zero-order valence-electron chi connectivity index (χ0n) is 16.6. The summed E-state index contributed by atoms with van der Waals surface area (Å²) in [5.74, 6) is 0.645. The summed E-state index contributed by atoms with van der Waals surface area (Å²) in [6, 6.07) is 14.9. The van der Waals surface area contributed by atoms with Crippen LogP contribution in [0, 0.1) is 0 Å². The lowest BCUT2D eigenvalue weighted by Crippen LogP contribution is -2.06. The fourth-order valence-electron chi connectivity index (χ4n) is 3.34. The number of pyridine rings is 1. The number of nitrogens with zero attached hydrogens (tertiary/aromatic N) is 1. The maximum Gasteiger partial charge on any atom is 0.232 e. The Bertz CT molecular complexity index is 1100. The third-order valence-electron chi connectivity index (χ3n) is 5.00. The summed E-state index contributed by atoms with van der Waals surface area (Å²) in [5, 5.41) is 2.99. The molecule has 3 nitrogen and oxygen atoms in total. The molecule has 3 heterocycles. The van der Waals surface area contributed by atoms with Crippen molar-refractivity contribution in [3.05, 3.63) is 53.4 Å². The number of unbranched alkanes of at least 4 members (excludes halogenated alkanes) is 1. The number of rotatable bonds is 7. The highest BCUT2D eigenvalue weighted by Gasteiger charge is 2.24. The van der Waals surface area contributed by atoms with E-state index in [2.05, 4.69) is 55.6 Å². The van der Waals surface area contributed by atoms with Crippen LogP contribution in [0.5, 0.6) is 0 Å². The molecule has 1 aromatic carbocycles. The highest BCUT2D eigenvalue weighted by molar-refractivity contribution is 7.93. The number of hydrogen-bond acceptors (Lipinski definition) is 5. The van der Waals surface area contributed by atoms with Gasteiger partial charge in [0, 0.05) is 5.39 Å². The van der Waals surface area contributed by atoms with Crippen molar-refractivity contribution in [2.24, 2.45) is 0 Å². The topological polar surface area (TPSA) is 62.0 Å². The van der Waals surface area contributed by atoms with E-state index in [4.69, 9.17) is 10.7 Å². The van der Waals surface area contributed by atoms with Gasteiger partial charge in [0.15, 0.2) is 0 Å². The Kier molecular flexibility index (Phi) is 6.25. The summed E-state index contributed by atoms with van der Waals surface area (Å²) in [7, 11) is 0. The fourth-order valence-corrected chi connectivity index (χ4v) is 6.82. The first-order valence-electron chi connectivity index (χ1n) is 9.87. The molecule has 2 N–H and O–H groups in total. The van der Waals surface area contributed by atoms with E-state index in [-0.39, 0.29) is 0 Å². The Morgan fingerprint density at radius 2 is 1.93 bits per heavy atom. The molecule has 0 amide bonds. The summed E-state index contributed by atoms with van der Waals surface area (Å²) < 4.78 is 13.6. The van der Waals surface area contributed by atoms with Crippen molar-refractivity contribution in [2.45, 2.75) is 37.3 Å². The van der Waals surface area contributed by atoms with Crippen molar-refractivity contribution >= 4 is 49.8 Å². The minimum absolute atomic E-state index is 0.624. The van der Waals surface area contributed by atoms with Gasteiger partial charge in [-0.05, 0) is 58.2 Å². The standard InChI is InChI=1S/C23H24N2OS3/c1-3-5-13-29(26)23-21(24)20-17(16-10-8-15(4-2)9-11-16)14-18(25-22(20)28-23)19-7-6-12-27-19/h6-12,14H,3-5,13,24H2,1-2H3. The van der Waals surface area contributed by atoms with E-state index in [0.717, 1.165) is 55.4 Å². The number of anilines is 1. The summed E-state index contributed by atoms with van der Waals surface area (Å²) in [4.78, 5) is 6.88. The van der Waals surface area contributed by atoms with Crippen molar-refractivity contribution in [2.75, 3.05) is 11.5 Å². The van der Waals surface area contributed by atoms with E-state index in [1.54, 1.807) is 11.3 Å². The van der Waals surface area contributed by atoms with Gasteiger partial charge in [0.2, 0.25) is 4.21 Å². The van der Waals surface area contributed by atoms with Crippen LogP contribution < -0.4 is 5.73 Å². The molecule has 6 heteroatoms. The number of benzene rings is 1. The first-order valence-corrected chi connectivity index (χ1v) is 12.9. The third kappa shape index (κ3) is 4.08. The van der Waals surface area contributed by atoms with Crippen molar-refractivity contribution in [3.8, 4) is 21.7 Å². The van der Waals surface area contributed by atoms with Crippen molar-refractivity contribution in [3.63, 3.8) is 0 Å². The number of aromatic nitrogens is 1. The monoisotopic (exact) mass is 440 g/mol. The lowest BCUT2D eigenvalue weighted by molar-refractivity contribution is 0.594. The molecule has 150 valence electrons. The lowest BCUT2D eigenvalue weighted by atomic mass is 10.00. The van der Waals surface area contributed by atoms with Gasteiger partial charge >= 0.3 is 0 Å². The minimum atomic E-state index is -1.08. The second-order valence-electron chi connectivity index (χ2n) is 6.97. The Labute approximate surface area is 182 Å². The maximum absolute atomic E-state index is 12.9. The Morgan fingerprint density at radius 1 is 1.14 bits per heavy atom. The van der Waals surface area contributed by atoms with Crippen LogP contribution in [-0.2, 0) is 17.6 Å². The van der Waals surface area contributed by atoms with E-state index in [9.17, 15) is 4.55 Å². The van der Waals surface area contributed by atoms with Crippen LogP contribution in [0.2, 0.25) is 0 Å².